The zero-order chi connectivity index (χ0) is 15.8. The van der Waals surface area contributed by atoms with Gasteiger partial charge in [-0.3, -0.25) is 9.89 Å². The van der Waals surface area contributed by atoms with Crippen LogP contribution in [-0.4, -0.2) is 50.3 Å². The summed E-state index contributed by atoms with van der Waals surface area (Å²) in [6.45, 7) is 9.94. The minimum absolute atomic E-state index is 0.495. The first-order valence-electron chi connectivity index (χ1n) is 8.09. The van der Waals surface area contributed by atoms with E-state index in [9.17, 15) is 0 Å². The second-order valence-electron chi connectivity index (χ2n) is 5.85. The molecule has 0 atom stereocenters. The Bertz CT molecular complexity index is 495. The van der Waals surface area contributed by atoms with Gasteiger partial charge in [0, 0.05) is 25.3 Å². The van der Waals surface area contributed by atoms with Gasteiger partial charge in [-0.05, 0) is 56.5 Å². The molecule has 1 aliphatic rings. The average molecular weight is 304 g/mol. The largest absolute Gasteiger partial charge is 0.379 e. The third kappa shape index (κ3) is 5.66. The number of ether oxygens (including phenoxy) is 1. The molecule has 1 aliphatic heterocycles. The van der Waals surface area contributed by atoms with Crippen molar-refractivity contribution in [2.45, 2.75) is 26.7 Å². The number of hydrogen-bond donors (Lipinski definition) is 2. The SMILES string of the molecule is Cc1ccc(NC(N)=NCCCCN2CCOCC2)cc1C. The Labute approximate surface area is 133 Å². The van der Waals surface area contributed by atoms with Crippen LogP contribution < -0.4 is 11.1 Å². The lowest BCUT2D eigenvalue weighted by molar-refractivity contribution is 0.0373. The van der Waals surface area contributed by atoms with Gasteiger partial charge in [-0.25, -0.2) is 0 Å². The first kappa shape index (κ1) is 16.8. The predicted molar refractivity (Wildman–Crippen MR) is 92.5 cm³/mol. The van der Waals surface area contributed by atoms with Gasteiger partial charge in [-0.2, -0.15) is 0 Å². The maximum Gasteiger partial charge on any atom is 0.193 e. The molecule has 122 valence electrons. The molecular formula is C17H28N4O. The highest BCUT2D eigenvalue weighted by molar-refractivity contribution is 5.92. The lowest BCUT2D eigenvalue weighted by atomic mass is 10.1. The van der Waals surface area contributed by atoms with Gasteiger partial charge in [0.2, 0.25) is 0 Å². The molecule has 0 amide bonds. The fourth-order valence-corrected chi connectivity index (χ4v) is 2.48. The van der Waals surface area contributed by atoms with Crippen molar-refractivity contribution in [1.29, 1.82) is 0 Å². The van der Waals surface area contributed by atoms with E-state index in [1.165, 1.54) is 11.1 Å². The zero-order valence-electron chi connectivity index (χ0n) is 13.8. The molecule has 0 bridgehead atoms. The summed E-state index contributed by atoms with van der Waals surface area (Å²) >= 11 is 0. The molecule has 5 nitrogen and oxygen atoms in total. The van der Waals surface area contributed by atoms with E-state index in [0.717, 1.165) is 57.9 Å². The standard InChI is InChI=1S/C17H28N4O/c1-14-5-6-16(13-15(14)2)20-17(18)19-7-3-4-8-21-9-11-22-12-10-21/h5-6,13H,3-4,7-12H2,1-2H3,(H3,18,19,20). The number of morpholine rings is 1. The van der Waals surface area contributed by atoms with Crippen LogP contribution in [0.5, 0.6) is 0 Å². The highest BCUT2D eigenvalue weighted by atomic mass is 16.5. The Morgan fingerprint density at radius 1 is 1.23 bits per heavy atom. The van der Waals surface area contributed by atoms with E-state index < -0.39 is 0 Å². The monoisotopic (exact) mass is 304 g/mol. The van der Waals surface area contributed by atoms with E-state index in [2.05, 4.69) is 41.2 Å². The van der Waals surface area contributed by atoms with E-state index in [0.29, 0.717) is 5.96 Å². The highest BCUT2D eigenvalue weighted by Crippen LogP contribution is 2.13. The second-order valence-corrected chi connectivity index (χ2v) is 5.85. The molecule has 0 spiro atoms. The van der Waals surface area contributed by atoms with Crippen molar-refractivity contribution in [3.8, 4) is 0 Å². The molecule has 0 unspecified atom stereocenters. The van der Waals surface area contributed by atoms with E-state index >= 15 is 0 Å². The number of unbranched alkanes of at least 4 members (excludes halogenated alkanes) is 1. The average Bonchev–Trinajstić information content (AvgIpc) is 2.52. The maximum absolute atomic E-state index is 5.93. The zero-order valence-corrected chi connectivity index (χ0v) is 13.8. The first-order valence-corrected chi connectivity index (χ1v) is 8.09. The van der Waals surface area contributed by atoms with Crippen molar-refractivity contribution in [2.24, 2.45) is 10.7 Å². The van der Waals surface area contributed by atoms with Gasteiger partial charge in [-0.1, -0.05) is 6.07 Å². The normalized spacial score (nSPS) is 16.7. The van der Waals surface area contributed by atoms with Crippen LogP contribution in [0.15, 0.2) is 23.2 Å². The molecule has 1 fully saturated rings. The van der Waals surface area contributed by atoms with Gasteiger partial charge >= 0.3 is 0 Å². The van der Waals surface area contributed by atoms with Crippen molar-refractivity contribution >= 4 is 11.6 Å². The molecule has 1 heterocycles. The summed E-state index contributed by atoms with van der Waals surface area (Å²) in [6.07, 6.45) is 2.22. The fraction of sp³-hybridized carbons (Fsp3) is 0.588. The first-order chi connectivity index (χ1) is 10.6. The van der Waals surface area contributed by atoms with Gasteiger partial charge in [0.1, 0.15) is 0 Å². The molecule has 5 heteroatoms. The summed E-state index contributed by atoms with van der Waals surface area (Å²) in [5, 5.41) is 3.15. The molecule has 1 aromatic rings. The van der Waals surface area contributed by atoms with Gasteiger partial charge in [-0.15, -0.1) is 0 Å². The lowest BCUT2D eigenvalue weighted by Gasteiger charge is -2.26. The quantitative estimate of drug-likeness (QED) is 0.480. The number of rotatable bonds is 6. The molecule has 1 saturated heterocycles. The number of nitrogens with zero attached hydrogens (tertiary/aromatic N) is 2. The summed E-state index contributed by atoms with van der Waals surface area (Å²) < 4.78 is 5.34. The number of guanidine groups is 1. The lowest BCUT2D eigenvalue weighted by Crippen LogP contribution is -2.36. The third-order valence-corrected chi connectivity index (χ3v) is 4.05. The number of nitrogens with two attached hydrogens (primary N) is 1. The van der Waals surface area contributed by atoms with Crippen LogP contribution >= 0.6 is 0 Å². The van der Waals surface area contributed by atoms with Crippen LogP contribution in [0, 0.1) is 13.8 Å². The number of nitrogens with one attached hydrogen (secondary N) is 1. The maximum atomic E-state index is 5.93. The number of benzene rings is 1. The minimum Gasteiger partial charge on any atom is -0.379 e. The van der Waals surface area contributed by atoms with Crippen molar-refractivity contribution in [3.63, 3.8) is 0 Å². The van der Waals surface area contributed by atoms with E-state index in [4.69, 9.17) is 10.5 Å². The van der Waals surface area contributed by atoms with Crippen LogP contribution in [0.25, 0.3) is 0 Å². The number of aryl methyl sites for hydroxylation is 2. The van der Waals surface area contributed by atoms with Crippen molar-refractivity contribution < 1.29 is 4.74 Å². The van der Waals surface area contributed by atoms with Gasteiger partial charge < -0.3 is 15.8 Å². The summed E-state index contributed by atoms with van der Waals surface area (Å²) in [5.41, 5.74) is 9.46. The van der Waals surface area contributed by atoms with Crippen LogP contribution in [0.2, 0.25) is 0 Å². The Balaban J connectivity index is 1.65. The Morgan fingerprint density at radius 2 is 2.00 bits per heavy atom. The molecule has 2 rings (SSSR count). The Hall–Kier alpha value is -1.59. The van der Waals surface area contributed by atoms with Crippen molar-refractivity contribution in [2.75, 3.05) is 44.7 Å². The van der Waals surface area contributed by atoms with Crippen LogP contribution in [0.1, 0.15) is 24.0 Å². The third-order valence-electron chi connectivity index (χ3n) is 4.05. The summed E-state index contributed by atoms with van der Waals surface area (Å²) in [4.78, 5) is 6.84. The Morgan fingerprint density at radius 3 is 2.73 bits per heavy atom. The molecule has 0 saturated carbocycles. The minimum atomic E-state index is 0.495. The fourth-order valence-electron chi connectivity index (χ4n) is 2.48. The molecule has 0 aliphatic carbocycles. The molecular weight excluding hydrogens is 276 g/mol. The van der Waals surface area contributed by atoms with Crippen molar-refractivity contribution in [1.82, 2.24) is 4.90 Å². The van der Waals surface area contributed by atoms with Crippen LogP contribution in [-0.2, 0) is 4.74 Å². The molecule has 22 heavy (non-hydrogen) atoms. The second kappa shape index (κ2) is 8.76. The topological polar surface area (TPSA) is 62.9 Å². The summed E-state index contributed by atoms with van der Waals surface area (Å²) in [6, 6.07) is 6.21. The summed E-state index contributed by atoms with van der Waals surface area (Å²) in [7, 11) is 0. The molecule has 0 radical (unpaired) electrons. The number of anilines is 1. The summed E-state index contributed by atoms with van der Waals surface area (Å²) in [5.74, 6) is 0.495. The molecule has 0 aromatic heterocycles. The van der Waals surface area contributed by atoms with E-state index in [-0.39, 0.29) is 0 Å². The smallest absolute Gasteiger partial charge is 0.193 e. The van der Waals surface area contributed by atoms with Gasteiger partial charge in [0.15, 0.2) is 5.96 Å². The number of hydrogen-bond acceptors (Lipinski definition) is 3. The number of aliphatic imine (C=N–C) groups is 1. The molecule has 1 aromatic carbocycles. The van der Waals surface area contributed by atoms with Crippen LogP contribution in [0.3, 0.4) is 0 Å². The van der Waals surface area contributed by atoms with Gasteiger partial charge in [0.25, 0.3) is 0 Å². The highest BCUT2D eigenvalue weighted by Gasteiger charge is 2.08. The Kier molecular flexibility index (Phi) is 6.68. The molecule has 3 N–H and O–H groups in total. The van der Waals surface area contributed by atoms with Crippen LogP contribution in [0.4, 0.5) is 5.69 Å². The van der Waals surface area contributed by atoms with Gasteiger partial charge in [0.05, 0.1) is 13.2 Å². The van der Waals surface area contributed by atoms with Crippen molar-refractivity contribution in [3.05, 3.63) is 29.3 Å². The van der Waals surface area contributed by atoms with E-state index in [1.807, 2.05) is 6.07 Å². The predicted octanol–water partition coefficient (Wildman–Crippen LogP) is 2.14. The van der Waals surface area contributed by atoms with E-state index in [1.54, 1.807) is 0 Å².